The second-order valence-corrected chi connectivity index (χ2v) is 7.37. The van der Waals surface area contributed by atoms with E-state index in [0.717, 1.165) is 5.56 Å². The second-order valence-electron chi connectivity index (χ2n) is 7.37. The molecule has 1 saturated heterocycles. The van der Waals surface area contributed by atoms with E-state index in [0.29, 0.717) is 24.3 Å². The molecular formula is C22H26N2O4. The van der Waals surface area contributed by atoms with Gasteiger partial charge in [-0.3, -0.25) is 9.59 Å². The Hall–Kier alpha value is -2.86. The van der Waals surface area contributed by atoms with Crippen LogP contribution in [0, 0.1) is 0 Å². The lowest BCUT2D eigenvalue weighted by molar-refractivity contribution is -0.125. The van der Waals surface area contributed by atoms with E-state index >= 15 is 0 Å². The number of aliphatic hydroxyl groups is 1. The van der Waals surface area contributed by atoms with Crippen LogP contribution in [0.1, 0.15) is 42.2 Å². The van der Waals surface area contributed by atoms with Gasteiger partial charge in [-0.15, -0.1) is 0 Å². The summed E-state index contributed by atoms with van der Waals surface area (Å²) >= 11 is 0. The highest BCUT2D eigenvalue weighted by atomic mass is 16.5. The van der Waals surface area contributed by atoms with Gasteiger partial charge in [-0.1, -0.05) is 30.3 Å². The third kappa shape index (κ3) is 4.02. The van der Waals surface area contributed by atoms with E-state index in [-0.39, 0.29) is 11.8 Å². The second kappa shape index (κ2) is 8.02. The molecule has 2 N–H and O–H groups in total. The van der Waals surface area contributed by atoms with E-state index in [1.807, 2.05) is 30.3 Å². The van der Waals surface area contributed by atoms with Crippen LogP contribution in [0.15, 0.2) is 54.6 Å². The summed E-state index contributed by atoms with van der Waals surface area (Å²) < 4.78 is 5.17. The summed E-state index contributed by atoms with van der Waals surface area (Å²) in [5, 5.41) is 13.9. The largest absolute Gasteiger partial charge is 0.497 e. The third-order valence-corrected chi connectivity index (χ3v) is 5.28. The zero-order valence-corrected chi connectivity index (χ0v) is 16.4. The van der Waals surface area contributed by atoms with Crippen LogP contribution in [0.5, 0.6) is 5.75 Å². The Morgan fingerprint density at radius 2 is 1.79 bits per heavy atom. The predicted molar refractivity (Wildman–Crippen MR) is 106 cm³/mol. The van der Waals surface area contributed by atoms with Gasteiger partial charge in [0.15, 0.2) is 0 Å². The first-order valence-corrected chi connectivity index (χ1v) is 9.33. The number of likely N-dealkylation sites (tertiary alicyclic amines) is 1. The molecule has 3 atom stereocenters. The van der Waals surface area contributed by atoms with Gasteiger partial charge in [0, 0.05) is 19.0 Å². The number of nitrogens with one attached hydrogen (secondary N) is 1. The van der Waals surface area contributed by atoms with Crippen LogP contribution in [-0.4, -0.2) is 47.1 Å². The van der Waals surface area contributed by atoms with Gasteiger partial charge in [0.05, 0.1) is 24.8 Å². The Labute approximate surface area is 165 Å². The molecule has 3 rings (SSSR count). The first-order chi connectivity index (χ1) is 13.3. The Balaban J connectivity index is 2.02. The Morgan fingerprint density at radius 3 is 2.36 bits per heavy atom. The molecule has 1 aliphatic heterocycles. The monoisotopic (exact) mass is 382 g/mol. The molecule has 148 valence electrons. The lowest BCUT2D eigenvalue weighted by Crippen LogP contribution is -2.63. The molecule has 2 aromatic carbocycles. The number of amides is 2. The summed E-state index contributed by atoms with van der Waals surface area (Å²) in [4.78, 5) is 26.9. The average Bonchev–Trinajstić information content (AvgIpc) is 2.69. The standard InChI is InChI=1S/C22H26N2O4/c1-15(25)23-20-19(16-7-5-4-6-8-16)24(14-13-22(20,2)27)21(26)17-9-11-18(28-3)12-10-17/h4-12,19-20,27H,13-14H2,1-3H3,(H,23,25). The van der Waals surface area contributed by atoms with Crippen molar-refractivity contribution in [3.8, 4) is 5.75 Å². The molecule has 2 aromatic rings. The fraction of sp³-hybridized carbons (Fsp3) is 0.364. The smallest absolute Gasteiger partial charge is 0.254 e. The lowest BCUT2D eigenvalue weighted by atomic mass is 9.79. The zero-order valence-electron chi connectivity index (χ0n) is 16.4. The van der Waals surface area contributed by atoms with Crippen LogP contribution in [-0.2, 0) is 4.79 Å². The molecule has 1 aliphatic rings. The number of nitrogens with zero attached hydrogens (tertiary/aromatic N) is 1. The number of carbonyl (C=O) groups is 2. The number of methoxy groups -OCH3 is 1. The SMILES string of the molecule is COc1ccc(C(=O)N2CCC(C)(O)C(NC(C)=O)C2c2ccccc2)cc1. The first kappa shape index (κ1) is 19.9. The van der Waals surface area contributed by atoms with E-state index in [4.69, 9.17) is 4.74 Å². The number of carbonyl (C=O) groups excluding carboxylic acids is 2. The first-order valence-electron chi connectivity index (χ1n) is 9.33. The summed E-state index contributed by atoms with van der Waals surface area (Å²) in [7, 11) is 1.58. The van der Waals surface area contributed by atoms with Gasteiger partial charge in [-0.25, -0.2) is 0 Å². The number of hydrogen-bond donors (Lipinski definition) is 2. The molecule has 6 heteroatoms. The van der Waals surface area contributed by atoms with Gasteiger partial charge < -0.3 is 20.1 Å². The highest BCUT2D eigenvalue weighted by Crippen LogP contribution is 2.38. The van der Waals surface area contributed by atoms with Crippen LogP contribution in [0.3, 0.4) is 0 Å². The minimum atomic E-state index is -1.14. The van der Waals surface area contributed by atoms with Crippen molar-refractivity contribution < 1.29 is 19.4 Å². The van der Waals surface area contributed by atoms with Crippen molar-refractivity contribution in [2.24, 2.45) is 0 Å². The van der Waals surface area contributed by atoms with Crippen LogP contribution in [0.25, 0.3) is 0 Å². The van der Waals surface area contributed by atoms with Gasteiger partial charge in [0.25, 0.3) is 5.91 Å². The van der Waals surface area contributed by atoms with Crippen molar-refractivity contribution in [3.05, 3.63) is 65.7 Å². The molecule has 0 bridgehead atoms. The van der Waals surface area contributed by atoms with Crippen LogP contribution in [0.4, 0.5) is 0 Å². The van der Waals surface area contributed by atoms with Gasteiger partial charge in [-0.2, -0.15) is 0 Å². The third-order valence-electron chi connectivity index (χ3n) is 5.28. The normalized spacial score (nSPS) is 24.5. The van der Waals surface area contributed by atoms with Gasteiger partial charge in [0.1, 0.15) is 5.75 Å². The van der Waals surface area contributed by atoms with E-state index in [2.05, 4.69) is 5.32 Å². The molecule has 6 nitrogen and oxygen atoms in total. The maximum Gasteiger partial charge on any atom is 0.254 e. The number of ether oxygens (including phenoxy) is 1. The minimum Gasteiger partial charge on any atom is -0.497 e. The van der Waals surface area contributed by atoms with Gasteiger partial charge in [-0.05, 0) is 43.2 Å². The van der Waals surface area contributed by atoms with Crippen LogP contribution in [0.2, 0.25) is 0 Å². The highest BCUT2D eigenvalue weighted by Gasteiger charge is 2.47. The van der Waals surface area contributed by atoms with E-state index in [1.165, 1.54) is 6.92 Å². The minimum absolute atomic E-state index is 0.151. The Morgan fingerprint density at radius 1 is 1.14 bits per heavy atom. The van der Waals surface area contributed by atoms with E-state index < -0.39 is 17.7 Å². The quantitative estimate of drug-likeness (QED) is 0.852. The Bertz CT molecular complexity index is 833. The van der Waals surface area contributed by atoms with Crippen molar-refractivity contribution in [2.45, 2.75) is 38.0 Å². The molecule has 1 fully saturated rings. The number of hydrogen-bond acceptors (Lipinski definition) is 4. The molecule has 0 aliphatic carbocycles. The van der Waals surface area contributed by atoms with Crippen molar-refractivity contribution in [1.82, 2.24) is 10.2 Å². The van der Waals surface area contributed by atoms with Crippen molar-refractivity contribution in [2.75, 3.05) is 13.7 Å². The summed E-state index contributed by atoms with van der Waals surface area (Å²) in [6.45, 7) is 3.51. The van der Waals surface area contributed by atoms with Crippen molar-refractivity contribution in [3.63, 3.8) is 0 Å². The number of benzene rings is 2. The summed E-state index contributed by atoms with van der Waals surface area (Å²) in [6.07, 6.45) is 0.364. The fourth-order valence-electron chi connectivity index (χ4n) is 3.76. The molecule has 0 aromatic heterocycles. The molecule has 3 unspecified atom stereocenters. The topological polar surface area (TPSA) is 78.9 Å². The number of piperidine rings is 1. The Kier molecular flexibility index (Phi) is 5.70. The molecule has 1 heterocycles. The van der Waals surface area contributed by atoms with E-state index in [1.54, 1.807) is 43.2 Å². The van der Waals surface area contributed by atoms with Gasteiger partial charge >= 0.3 is 0 Å². The summed E-state index contributed by atoms with van der Waals surface area (Å²) in [5.41, 5.74) is 0.260. The molecule has 0 spiro atoms. The van der Waals surface area contributed by atoms with Gasteiger partial charge in [0.2, 0.25) is 5.91 Å². The summed E-state index contributed by atoms with van der Waals surface area (Å²) in [6, 6.07) is 15.3. The average molecular weight is 382 g/mol. The molecule has 28 heavy (non-hydrogen) atoms. The maximum atomic E-state index is 13.3. The van der Waals surface area contributed by atoms with Crippen LogP contribution < -0.4 is 10.1 Å². The molecule has 0 radical (unpaired) electrons. The van der Waals surface area contributed by atoms with E-state index in [9.17, 15) is 14.7 Å². The van der Waals surface area contributed by atoms with Crippen molar-refractivity contribution >= 4 is 11.8 Å². The summed E-state index contributed by atoms with van der Waals surface area (Å²) in [5.74, 6) is 0.279. The zero-order chi connectivity index (χ0) is 20.3. The molecule has 0 saturated carbocycles. The number of rotatable bonds is 4. The van der Waals surface area contributed by atoms with Crippen molar-refractivity contribution in [1.29, 1.82) is 0 Å². The lowest BCUT2D eigenvalue weighted by Gasteiger charge is -2.49. The fourth-order valence-corrected chi connectivity index (χ4v) is 3.76. The molecular weight excluding hydrogens is 356 g/mol. The highest BCUT2D eigenvalue weighted by molar-refractivity contribution is 5.95. The van der Waals surface area contributed by atoms with Crippen LogP contribution >= 0.6 is 0 Å². The molecule has 2 amide bonds. The maximum absolute atomic E-state index is 13.3. The predicted octanol–water partition coefficient (Wildman–Crippen LogP) is 2.54.